The van der Waals surface area contributed by atoms with E-state index in [1.807, 2.05) is 0 Å². The number of hydrogen-bond donors (Lipinski definition) is 4. The smallest absolute Gasteiger partial charge is 0.305 e. The highest BCUT2D eigenvalue weighted by Crippen LogP contribution is 2.14. The average molecular weight is 475 g/mol. The number of hydrogen-bond acceptors (Lipinski definition) is 7. The molecule has 0 aromatic heterocycles. The number of unbranched alkanes of at least 4 members (excludes halogenated alkanes) is 16. The molecule has 0 fully saturated rings. The lowest BCUT2D eigenvalue weighted by atomic mass is 10.0. The molecule has 0 aliphatic heterocycles. The van der Waals surface area contributed by atoms with Gasteiger partial charge in [0.1, 0.15) is 31.0 Å². The van der Waals surface area contributed by atoms with Crippen LogP contribution in [0.1, 0.15) is 122 Å². The lowest BCUT2D eigenvalue weighted by molar-refractivity contribution is -0.156. The summed E-state index contributed by atoms with van der Waals surface area (Å²) in [5.74, 6) is -0.479. The zero-order chi connectivity index (χ0) is 24.7. The third-order valence-electron chi connectivity index (χ3n) is 6.13. The molecule has 0 spiro atoms. The number of aldehydes is 1. The second-order valence-electron chi connectivity index (χ2n) is 9.27. The van der Waals surface area contributed by atoms with Crippen molar-refractivity contribution in [1.82, 2.24) is 0 Å². The van der Waals surface area contributed by atoms with Crippen molar-refractivity contribution in [2.24, 2.45) is 0 Å². The number of aliphatic hydroxyl groups excluding tert-OH is 4. The average Bonchev–Trinajstić information content (AvgIpc) is 2.82. The number of ether oxygens (including phenoxy) is 1. The largest absolute Gasteiger partial charge is 0.463 e. The van der Waals surface area contributed by atoms with Crippen LogP contribution in [-0.4, -0.2) is 63.7 Å². The normalized spacial score (nSPS) is 15.1. The Kier molecular flexibility index (Phi) is 22.1. The number of aliphatic hydroxyl groups is 4. The Bertz CT molecular complexity index is 458. The van der Waals surface area contributed by atoms with Gasteiger partial charge in [-0.05, 0) is 6.42 Å². The van der Waals surface area contributed by atoms with Crippen molar-refractivity contribution in [3.8, 4) is 0 Å². The monoisotopic (exact) mass is 474 g/mol. The molecule has 4 atom stereocenters. The molecule has 7 heteroatoms. The Hall–Kier alpha value is -1.02. The summed E-state index contributed by atoms with van der Waals surface area (Å²) in [4.78, 5) is 22.1. The van der Waals surface area contributed by atoms with E-state index >= 15 is 0 Å². The van der Waals surface area contributed by atoms with Gasteiger partial charge in [0.05, 0.1) is 0 Å². The lowest BCUT2D eigenvalue weighted by Crippen LogP contribution is -2.46. The molecule has 0 unspecified atom stereocenters. The molecule has 0 saturated heterocycles. The summed E-state index contributed by atoms with van der Waals surface area (Å²) >= 11 is 0. The van der Waals surface area contributed by atoms with Gasteiger partial charge in [0.15, 0.2) is 6.29 Å². The predicted octanol–water partition coefficient (Wildman–Crippen LogP) is 4.21. The van der Waals surface area contributed by atoms with E-state index in [9.17, 15) is 24.9 Å². The Balaban J connectivity index is 3.43. The first-order chi connectivity index (χ1) is 15.9. The van der Waals surface area contributed by atoms with E-state index in [0.717, 1.165) is 12.8 Å². The molecule has 0 aromatic rings. The Labute approximate surface area is 200 Å². The van der Waals surface area contributed by atoms with Crippen molar-refractivity contribution in [3.05, 3.63) is 0 Å². The van der Waals surface area contributed by atoms with Gasteiger partial charge in [-0.15, -0.1) is 0 Å². The van der Waals surface area contributed by atoms with Gasteiger partial charge in [-0.3, -0.25) is 4.79 Å². The summed E-state index contributed by atoms with van der Waals surface area (Å²) < 4.78 is 4.89. The van der Waals surface area contributed by atoms with Gasteiger partial charge in [0, 0.05) is 6.42 Å². The molecule has 4 N–H and O–H groups in total. The lowest BCUT2D eigenvalue weighted by Gasteiger charge is -2.23. The summed E-state index contributed by atoms with van der Waals surface area (Å²) in [5.41, 5.74) is 0. The van der Waals surface area contributed by atoms with Gasteiger partial charge in [0.2, 0.25) is 0 Å². The molecule has 196 valence electrons. The number of carbonyl (C=O) groups excluding carboxylic acids is 2. The molecule has 0 rings (SSSR count). The third-order valence-corrected chi connectivity index (χ3v) is 6.13. The summed E-state index contributed by atoms with van der Waals surface area (Å²) in [7, 11) is 0. The summed E-state index contributed by atoms with van der Waals surface area (Å²) in [5, 5.41) is 37.9. The molecule has 0 aromatic carbocycles. The molecule has 0 aliphatic rings. The van der Waals surface area contributed by atoms with Crippen LogP contribution in [0.4, 0.5) is 0 Å². The highest BCUT2D eigenvalue weighted by atomic mass is 16.5. The summed E-state index contributed by atoms with van der Waals surface area (Å²) in [6.07, 6.45) is 14.8. The Morgan fingerprint density at radius 2 is 1.06 bits per heavy atom. The van der Waals surface area contributed by atoms with Gasteiger partial charge in [-0.25, -0.2) is 0 Å². The van der Waals surface area contributed by atoms with Crippen LogP contribution in [0.5, 0.6) is 0 Å². The van der Waals surface area contributed by atoms with Crippen molar-refractivity contribution in [3.63, 3.8) is 0 Å². The zero-order valence-corrected chi connectivity index (χ0v) is 20.8. The van der Waals surface area contributed by atoms with Crippen LogP contribution in [0, 0.1) is 0 Å². The molecule has 33 heavy (non-hydrogen) atoms. The maximum Gasteiger partial charge on any atom is 0.305 e. The first-order valence-electron chi connectivity index (χ1n) is 13.3. The van der Waals surface area contributed by atoms with Gasteiger partial charge in [0.25, 0.3) is 0 Å². The minimum absolute atomic E-state index is 0.0602. The van der Waals surface area contributed by atoms with Gasteiger partial charge in [-0.2, -0.15) is 0 Å². The maximum absolute atomic E-state index is 11.7. The molecule has 7 nitrogen and oxygen atoms in total. The summed E-state index contributed by atoms with van der Waals surface area (Å²) in [6, 6.07) is 0. The predicted molar refractivity (Wildman–Crippen MR) is 130 cm³/mol. The molecule has 0 bridgehead atoms. The quantitative estimate of drug-likeness (QED) is 0.0938. The third kappa shape index (κ3) is 19.0. The molecule has 0 amide bonds. The highest BCUT2D eigenvalue weighted by Gasteiger charge is 2.30. The van der Waals surface area contributed by atoms with Crippen molar-refractivity contribution in [2.75, 3.05) is 6.61 Å². The van der Waals surface area contributed by atoms with Crippen LogP contribution in [-0.2, 0) is 14.3 Å². The molecule has 0 saturated carbocycles. The highest BCUT2D eigenvalue weighted by molar-refractivity contribution is 5.69. The van der Waals surface area contributed by atoms with Crippen molar-refractivity contribution in [2.45, 2.75) is 147 Å². The second-order valence-corrected chi connectivity index (χ2v) is 9.27. The van der Waals surface area contributed by atoms with Crippen LogP contribution in [0.25, 0.3) is 0 Å². The van der Waals surface area contributed by atoms with Crippen LogP contribution in [0.15, 0.2) is 0 Å². The van der Waals surface area contributed by atoms with E-state index in [-0.39, 0.29) is 12.7 Å². The van der Waals surface area contributed by atoms with E-state index in [0.29, 0.717) is 6.42 Å². The van der Waals surface area contributed by atoms with Crippen LogP contribution in [0.2, 0.25) is 0 Å². The van der Waals surface area contributed by atoms with Crippen molar-refractivity contribution < 1.29 is 34.8 Å². The van der Waals surface area contributed by atoms with Crippen LogP contribution >= 0.6 is 0 Å². The van der Waals surface area contributed by atoms with Crippen molar-refractivity contribution in [1.29, 1.82) is 0 Å². The van der Waals surface area contributed by atoms with E-state index in [2.05, 4.69) is 6.92 Å². The fourth-order valence-electron chi connectivity index (χ4n) is 3.85. The van der Waals surface area contributed by atoms with Gasteiger partial charge in [-0.1, -0.05) is 110 Å². The number of rotatable bonds is 24. The van der Waals surface area contributed by atoms with Crippen LogP contribution in [0.3, 0.4) is 0 Å². The van der Waals surface area contributed by atoms with E-state index in [1.54, 1.807) is 0 Å². The van der Waals surface area contributed by atoms with E-state index < -0.39 is 37.0 Å². The standard InChI is InChI=1S/C26H50O7/c1-2-3-4-5-6-7-8-9-10-11-12-13-14-15-16-17-18-19-24(30)33-21-23(29)26(32)25(31)22(28)20-27/h20,22-23,25-26,28-29,31-32H,2-19,21H2,1H3/t22-,23+,25+,26+/m0/s1. The van der Waals surface area contributed by atoms with Crippen LogP contribution < -0.4 is 0 Å². The Morgan fingerprint density at radius 3 is 1.45 bits per heavy atom. The minimum atomic E-state index is -1.83. The van der Waals surface area contributed by atoms with E-state index in [4.69, 9.17) is 9.84 Å². The first-order valence-corrected chi connectivity index (χ1v) is 13.3. The van der Waals surface area contributed by atoms with Gasteiger partial charge < -0.3 is 30.0 Å². The topological polar surface area (TPSA) is 124 Å². The molecular weight excluding hydrogens is 424 g/mol. The van der Waals surface area contributed by atoms with Crippen molar-refractivity contribution >= 4 is 12.3 Å². The second kappa shape index (κ2) is 22.8. The number of carbonyl (C=O) groups is 2. The summed E-state index contributed by atoms with van der Waals surface area (Å²) in [6.45, 7) is 1.76. The number of esters is 1. The van der Waals surface area contributed by atoms with E-state index in [1.165, 1.54) is 89.9 Å². The fourth-order valence-corrected chi connectivity index (χ4v) is 3.85. The molecular formula is C26H50O7. The molecule has 0 radical (unpaired) electrons. The molecule has 0 aliphatic carbocycles. The first kappa shape index (κ1) is 32.0. The molecule has 0 heterocycles. The SMILES string of the molecule is CCCCCCCCCCCCCCCCCCCC(=O)OC[C@@H](O)[C@@H](O)[C@H](O)[C@@H](O)C=O. The maximum atomic E-state index is 11.7. The minimum Gasteiger partial charge on any atom is -0.463 e. The van der Waals surface area contributed by atoms with Gasteiger partial charge >= 0.3 is 5.97 Å². The zero-order valence-electron chi connectivity index (χ0n) is 20.8. The fraction of sp³-hybridized carbons (Fsp3) is 0.923. The Morgan fingerprint density at radius 1 is 0.667 bits per heavy atom.